The third-order valence-corrected chi connectivity index (χ3v) is 12.7. The molecule has 0 rings (SSSR count). The Labute approximate surface area is 387 Å². The average Bonchev–Trinajstić information content (AvgIpc) is 3.24. The molecule has 0 aromatic heterocycles. The van der Waals surface area contributed by atoms with Crippen LogP contribution in [0.15, 0.2) is 0 Å². The fourth-order valence-electron chi connectivity index (χ4n) is 8.52. The van der Waals surface area contributed by atoms with Crippen LogP contribution < -0.4 is 0 Å². The van der Waals surface area contributed by atoms with E-state index in [9.17, 15) is 14.4 Å². The maximum atomic E-state index is 12.8. The van der Waals surface area contributed by atoms with E-state index in [1.807, 2.05) is 0 Å². The molecule has 0 heterocycles. The van der Waals surface area contributed by atoms with E-state index in [0.717, 1.165) is 69.6 Å². The molecule has 0 aromatic rings. The molecule has 0 aromatic carbocycles. The van der Waals surface area contributed by atoms with Crippen LogP contribution >= 0.6 is 0 Å². The van der Waals surface area contributed by atoms with Crippen LogP contribution in [-0.4, -0.2) is 37.2 Å². The Kier molecular flexibility index (Phi) is 47.6. The van der Waals surface area contributed by atoms with Crippen molar-refractivity contribution in [2.24, 2.45) is 11.8 Å². The van der Waals surface area contributed by atoms with Gasteiger partial charge in [-0.25, -0.2) is 0 Å². The van der Waals surface area contributed by atoms with Gasteiger partial charge in [0.15, 0.2) is 6.10 Å². The van der Waals surface area contributed by atoms with Crippen molar-refractivity contribution in [3.63, 3.8) is 0 Å². The first kappa shape index (κ1) is 60.4. The summed E-state index contributed by atoms with van der Waals surface area (Å²) < 4.78 is 16.8. The van der Waals surface area contributed by atoms with Crippen LogP contribution in [0.25, 0.3) is 0 Å². The molecule has 1 atom stereocenters. The maximum absolute atomic E-state index is 12.8. The number of hydrogen-bond donors (Lipinski definition) is 0. The molecule has 0 aliphatic rings. The molecule has 6 nitrogen and oxygen atoms in total. The molecule has 0 amide bonds. The van der Waals surface area contributed by atoms with Crippen LogP contribution in [0.2, 0.25) is 0 Å². The molecule has 62 heavy (non-hydrogen) atoms. The van der Waals surface area contributed by atoms with E-state index in [-0.39, 0.29) is 31.1 Å². The fraction of sp³-hybridized carbons (Fsp3) is 0.946. The molecule has 0 bridgehead atoms. The summed E-state index contributed by atoms with van der Waals surface area (Å²) in [4.78, 5) is 38.0. The number of rotatable bonds is 50. The first-order chi connectivity index (χ1) is 30.2. The number of carbonyl (C=O) groups excluding carboxylic acids is 3. The lowest BCUT2D eigenvalue weighted by Gasteiger charge is -2.18. The minimum Gasteiger partial charge on any atom is -0.462 e. The average molecular weight is 877 g/mol. The Morgan fingerprint density at radius 1 is 0.306 bits per heavy atom. The molecule has 0 radical (unpaired) electrons. The lowest BCUT2D eigenvalue weighted by atomic mass is 10.0. The van der Waals surface area contributed by atoms with E-state index in [0.29, 0.717) is 19.3 Å². The zero-order valence-corrected chi connectivity index (χ0v) is 42.5. The Bertz CT molecular complexity index is 947. The monoisotopic (exact) mass is 877 g/mol. The van der Waals surface area contributed by atoms with Crippen molar-refractivity contribution in [2.45, 2.75) is 317 Å². The molecule has 0 N–H and O–H groups in total. The van der Waals surface area contributed by atoms with Crippen LogP contribution in [0, 0.1) is 11.8 Å². The van der Waals surface area contributed by atoms with Gasteiger partial charge in [-0.15, -0.1) is 0 Å². The van der Waals surface area contributed by atoms with Crippen LogP contribution in [0.4, 0.5) is 0 Å². The molecule has 0 aliphatic carbocycles. The molecule has 0 aliphatic heterocycles. The van der Waals surface area contributed by atoms with E-state index in [2.05, 4.69) is 34.6 Å². The van der Waals surface area contributed by atoms with E-state index in [1.54, 1.807) is 0 Å². The van der Waals surface area contributed by atoms with Gasteiger partial charge in [-0.1, -0.05) is 272 Å². The van der Waals surface area contributed by atoms with Crippen molar-refractivity contribution >= 4 is 17.9 Å². The molecule has 0 saturated heterocycles. The predicted molar refractivity (Wildman–Crippen MR) is 266 cm³/mol. The molecule has 0 unspecified atom stereocenters. The summed E-state index contributed by atoms with van der Waals surface area (Å²) in [5.74, 6) is 0.827. The van der Waals surface area contributed by atoms with Crippen molar-refractivity contribution in [3.8, 4) is 0 Å². The lowest BCUT2D eigenvalue weighted by Crippen LogP contribution is -2.30. The van der Waals surface area contributed by atoms with Gasteiger partial charge in [-0.2, -0.15) is 0 Å². The minimum absolute atomic E-state index is 0.0631. The van der Waals surface area contributed by atoms with Gasteiger partial charge < -0.3 is 14.2 Å². The number of esters is 3. The number of unbranched alkanes of at least 4 members (excludes halogenated alkanes) is 35. The van der Waals surface area contributed by atoms with Crippen LogP contribution in [0.3, 0.4) is 0 Å². The van der Waals surface area contributed by atoms with E-state index < -0.39 is 6.10 Å². The highest BCUT2D eigenvalue weighted by Gasteiger charge is 2.19. The van der Waals surface area contributed by atoms with Crippen molar-refractivity contribution < 1.29 is 28.6 Å². The summed E-state index contributed by atoms with van der Waals surface area (Å²) in [6.07, 6.45) is 50.9. The van der Waals surface area contributed by atoms with E-state index in [4.69, 9.17) is 14.2 Å². The minimum atomic E-state index is -0.762. The van der Waals surface area contributed by atoms with Crippen molar-refractivity contribution in [1.29, 1.82) is 0 Å². The van der Waals surface area contributed by atoms with Gasteiger partial charge in [0, 0.05) is 19.3 Å². The Balaban J connectivity index is 4.27. The zero-order valence-electron chi connectivity index (χ0n) is 42.5. The number of hydrogen-bond acceptors (Lipinski definition) is 6. The second-order valence-electron chi connectivity index (χ2n) is 20.2. The SMILES string of the molecule is CCCCCCCCCCCCCCC(=O)OC[C@@H](COC(=O)CCCCCCCCCCCCC(C)C)OC(=O)CCCCCCCCCCCCCCCCCCC(C)C. The van der Waals surface area contributed by atoms with Gasteiger partial charge in [-0.3, -0.25) is 14.4 Å². The largest absolute Gasteiger partial charge is 0.462 e. The van der Waals surface area contributed by atoms with Crippen molar-refractivity contribution in [2.75, 3.05) is 13.2 Å². The quantitative estimate of drug-likeness (QED) is 0.0344. The van der Waals surface area contributed by atoms with Gasteiger partial charge in [-0.05, 0) is 31.1 Å². The highest BCUT2D eigenvalue weighted by atomic mass is 16.6. The van der Waals surface area contributed by atoms with Crippen molar-refractivity contribution in [1.82, 2.24) is 0 Å². The van der Waals surface area contributed by atoms with Gasteiger partial charge in [0.25, 0.3) is 0 Å². The molecule has 0 fully saturated rings. The maximum Gasteiger partial charge on any atom is 0.306 e. The summed E-state index contributed by atoms with van der Waals surface area (Å²) in [6, 6.07) is 0. The predicted octanol–water partition coefficient (Wildman–Crippen LogP) is 18.1. The van der Waals surface area contributed by atoms with Gasteiger partial charge in [0.05, 0.1) is 0 Å². The van der Waals surface area contributed by atoms with Gasteiger partial charge in [0.2, 0.25) is 0 Å². The zero-order chi connectivity index (χ0) is 45.4. The second-order valence-corrected chi connectivity index (χ2v) is 20.2. The normalized spacial score (nSPS) is 12.0. The summed E-state index contributed by atoms with van der Waals surface area (Å²) in [5, 5.41) is 0. The molecule has 368 valence electrons. The third kappa shape index (κ3) is 49.4. The van der Waals surface area contributed by atoms with Gasteiger partial charge >= 0.3 is 17.9 Å². The van der Waals surface area contributed by atoms with Crippen LogP contribution in [-0.2, 0) is 28.6 Å². The Morgan fingerprint density at radius 2 is 0.532 bits per heavy atom. The molecule has 0 saturated carbocycles. The van der Waals surface area contributed by atoms with E-state index >= 15 is 0 Å². The summed E-state index contributed by atoms with van der Waals surface area (Å²) in [7, 11) is 0. The third-order valence-electron chi connectivity index (χ3n) is 12.7. The van der Waals surface area contributed by atoms with Crippen LogP contribution in [0.1, 0.15) is 311 Å². The fourth-order valence-corrected chi connectivity index (χ4v) is 8.52. The Hall–Kier alpha value is -1.59. The summed E-state index contributed by atoms with van der Waals surface area (Å²) >= 11 is 0. The van der Waals surface area contributed by atoms with Crippen molar-refractivity contribution in [3.05, 3.63) is 0 Å². The Morgan fingerprint density at radius 3 is 0.790 bits per heavy atom. The molecular weight excluding hydrogens is 769 g/mol. The smallest absolute Gasteiger partial charge is 0.306 e. The first-order valence-corrected chi connectivity index (χ1v) is 27.7. The number of carbonyl (C=O) groups is 3. The standard InChI is InChI=1S/C56H108O6/c1-6-7-8-9-10-11-12-20-26-31-36-41-46-54(57)60-49-53(50-61-55(58)47-42-37-32-27-23-22-25-30-35-40-45-52(4)5)62-56(59)48-43-38-33-28-21-18-16-14-13-15-17-19-24-29-34-39-44-51(2)3/h51-53H,6-50H2,1-5H3/t53-/m0/s1. The second kappa shape index (κ2) is 48.9. The van der Waals surface area contributed by atoms with Gasteiger partial charge in [0.1, 0.15) is 13.2 Å². The first-order valence-electron chi connectivity index (χ1n) is 27.7. The highest BCUT2D eigenvalue weighted by Crippen LogP contribution is 2.18. The summed E-state index contributed by atoms with van der Waals surface area (Å²) in [5.41, 5.74) is 0. The van der Waals surface area contributed by atoms with Crippen LogP contribution in [0.5, 0.6) is 0 Å². The number of ether oxygens (including phenoxy) is 3. The molecular formula is C56H108O6. The molecule has 6 heteroatoms. The summed E-state index contributed by atoms with van der Waals surface area (Å²) in [6.45, 7) is 11.4. The lowest BCUT2D eigenvalue weighted by molar-refractivity contribution is -0.167. The van der Waals surface area contributed by atoms with E-state index in [1.165, 1.54) is 199 Å². The topological polar surface area (TPSA) is 78.9 Å². The molecule has 0 spiro atoms. The highest BCUT2D eigenvalue weighted by molar-refractivity contribution is 5.71.